The van der Waals surface area contributed by atoms with Crippen LogP contribution in [0.5, 0.6) is 0 Å². The fraction of sp³-hybridized carbons (Fsp3) is 0. The molecule has 0 radical (unpaired) electrons. The zero-order chi connectivity index (χ0) is 14.2. The standard InChI is InChI=1S/C13H7Cl2F2NO/c14-7-1-6(2-8(18)3-7)13(19)9-4-11(16)12(17)5-10(9)15/h1-5H,18H2. The van der Waals surface area contributed by atoms with Crippen molar-refractivity contribution in [2.24, 2.45) is 0 Å². The van der Waals surface area contributed by atoms with E-state index in [0.717, 1.165) is 12.1 Å². The van der Waals surface area contributed by atoms with E-state index in [1.54, 1.807) is 0 Å². The molecule has 0 aliphatic heterocycles. The van der Waals surface area contributed by atoms with Gasteiger partial charge in [0.05, 0.1) is 5.02 Å². The first-order valence-corrected chi connectivity index (χ1v) is 5.89. The first kappa shape index (κ1) is 13.8. The van der Waals surface area contributed by atoms with Crippen molar-refractivity contribution in [3.8, 4) is 0 Å². The summed E-state index contributed by atoms with van der Waals surface area (Å²) in [6.07, 6.45) is 0. The Hall–Kier alpha value is -1.65. The van der Waals surface area contributed by atoms with Crippen LogP contribution in [0.1, 0.15) is 15.9 Å². The van der Waals surface area contributed by atoms with Gasteiger partial charge in [-0.25, -0.2) is 8.78 Å². The van der Waals surface area contributed by atoms with Gasteiger partial charge >= 0.3 is 0 Å². The number of hydrogen-bond acceptors (Lipinski definition) is 2. The van der Waals surface area contributed by atoms with Crippen LogP contribution in [0, 0.1) is 11.6 Å². The fourth-order valence-electron chi connectivity index (χ4n) is 1.60. The largest absolute Gasteiger partial charge is 0.399 e. The molecule has 6 heteroatoms. The van der Waals surface area contributed by atoms with Crippen molar-refractivity contribution in [2.75, 3.05) is 5.73 Å². The summed E-state index contributed by atoms with van der Waals surface area (Å²) < 4.78 is 26.1. The van der Waals surface area contributed by atoms with Crippen LogP contribution in [0.2, 0.25) is 10.0 Å². The number of rotatable bonds is 2. The summed E-state index contributed by atoms with van der Waals surface area (Å²) in [6, 6.07) is 5.71. The van der Waals surface area contributed by atoms with Gasteiger partial charge in [-0.2, -0.15) is 0 Å². The van der Waals surface area contributed by atoms with Crippen LogP contribution in [-0.2, 0) is 0 Å². The maximum atomic E-state index is 13.2. The van der Waals surface area contributed by atoms with Crippen LogP contribution in [0.25, 0.3) is 0 Å². The zero-order valence-electron chi connectivity index (χ0n) is 9.38. The van der Waals surface area contributed by atoms with E-state index in [4.69, 9.17) is 28.9 Å². The van der Waals surface area contributed by atoms with Crippen molar-refractivity contribution in [2.45, 2.75) is 0 Å². The molecule has 2 N–H and O–H groups in total. The molecule has 0 saturated carbocycles. The van der Waals surface area contributed by atoms with Crippen molar-refractivity contribution in [3.05, 3.63) is 63.1 Å². The Balaban J connectivity index is 2.53. The summed E-state index contributed by atoms with van der Waals surface area (Å²) >= 11 is 11.5. The predicted octanol–water partition coefficient (Wildman–Crippen LogP) is 4.08. The number of carbonyl (C=O) groups excluding carboxylic acids is 1. The molecule has 98 valence electrons. The van der Waals surface area contributed by atoms with E-state index in [0.29, 0.717) is 0 Å². The highest BCUT2D eigenvalue weighted by Gasteiger charge is 2.17. The van der Waals surface area contributed by atoms with Crippen LogP contribution in [0.4, 0.5) is 14.5 Å². The van der Waals surface area contributed by atoms with Gasteiger partial charge in [-0.05, 0) is 30.3 Å². The third-order valence-electron chi connectivity index (χ3n) is 2.44. The second-order valence-corrected chi connectivity index (χ2v) is 4.69. The summed E-state index contributed by atoms with van der Waals surface area (Å²) in [5, 5.41) is 0.0875. The molecule has 0 heterocycles. The number of carbonyl (C=O) groups is 1. The molecular formula is C13H7Cl2F2NO. The molecule has 2 aromatic carbocycles. The van der Waals surface area contributed by atoms with Crippen molar-refractivity contribution < 1.29 is 13.6 Å². The Morgan fingerprint density at radius 3 is 2.26 bits per heavy atom. The third kappa shape index (κ3) is 2.85. The van der Waals surface area contributed by atoms with Gasteiger partial charge in [0.2, 0.25) is 0 Å². The lowest BCUT2D eigenvalue weighted by Crippen LogP contribution is -2.05. The van der Waals surface area contributed by atoms with E-state index in [9.17, 15) is 13.6 Å². The number of nitrogens with two attached hydrogens (primary N) is 1. The number of anilines is 1. The van der Waals surface area contributed by atoms with E-state index >= 15 is 0 Å². The first-order chi connectivity index (χ1) is 8.88. The third-order valence-corrected chi connectivity index (χ3v) is 2.97. The summed E-state index contributed by atoms with van der Waals surface area (Å²) in [5.41, 5.74) is 5.85. The van der Waals surface area contributed by atoms with Crippen LogP contribution in [-0.4, -0.2) is 5.78 Å². The van der Waals surface area contributed by atoms with Gasteiger partial charge in [-0.15, -0.1) is 0 Å². The lowest BCUT2D eigenvalue weighted by Gasteiger charge is -2.06. The quantitative estimate of drug-likeness (QED) is 0.516. The van der Waals surface area contributed by atoms with Gasteiger partial charge in [0.1, 0.15) is 0 Å². The number of nitrogen functional groups attached to an aromatic ring is 1. The Morgan fingerprint density at radius 2 is 1.63 bits per heavy atom. The molecule has 19 heavy (non-hydrogen) atoms. The van der Waals surface area contributed by atoms with Gasteiger partial charge in [-0.1, -0.05) is 23.2 Å². The highest BCUT2D eigenvalue weighted by atomic mass is 35.5. The minimum atomic E-state index is -1.15. The first-order valence-electron chi connectivity index (χ1n) is 5.14. The monoisotopic (exact) mass is 301 g/mol. The maximum absolute atomic E-state index is 13.2. The van der Waals surface area contributed by atoms with Gasteiger partial charge in [0.25, 0.3) is 0 Å². The summed E-state index contributed by atoms with van der Waals surface area (Å²) in [4.78, 5) is 12.1. The van der Waals surface area contributed by atoms with Crippen molar-refractivity contribution in [3.63, 3.8) is 0 Å². The molecule has 2 aromatic rings. The summed E-state index contributed by atoms with van der Waals surface area (Å²) in [5.74, 6) is -2.85. The minimum absolute atomic E-state index is 0.151. The van der Waals surface area contributed by atoms with Gasteiger partial charge in [-0.3, -0.25) is 4.79 Å². The number of ketones is 1. The highest BCUT2D eigenvalue weighted by molar-refractivity contribution is 6.35. The summed E-state index contributed by atoms with van der Waals surface area (Å²) in [6.45, 7) is 0. The smallest absolute Gasteiger partial charge is 0.194 e. The van der Waals surface area contributed by atoms with E-state index in [-0.39, 0.29) is 26.9 Å². The molecule has 2 nitrogen and oxygen atoms in total. The van der Waals surface area contributed by atoms with Crippen molar-refractivity contribution in [1.29, 1.82) is 0 Å². The lowest BCUT2D eigenvalue weighted by molar-refractivity contribution is 0.103. The molecule has 0 unspecified atom stereocenters. The van der Waals surface area contributed by atoms with Crippen LogP contribution < -0.4 is 5.73 Å². The van der Waals surface area contributed by atoms with Crippen molar-refractivity contribution in [1.82, 2.24) is 0 Å². The summed E-state index contributed by atoms with van der Waals surface area (Å²) in [7, 11) is 0. The molecule has 0 atom stereocenters. The van der Waals surface area contributed by atoms with Gasteiger partial charge in [0, 0.05) is 21.8 Å². The Kier molecular flexibility index (Phi) is 3.73. The van der Waals surface area contributed by atoms with E-state index in [1.807, 2.05) is 0 Å². The second-order valence-electron chi connectivity index (χ2n) is 3.85. The van der Waals surface area contributed by atoms with E-state index in [1.165, 1.54) is 18.2 Å². The Morgan fingerprint density at radius 1 is 1.00 bits per heavy atom. The predicted molar refractivity (Wildman–Crippen MR) is 70.7 cm³/mol. The normalized spacial score (nSPS) is 10.5. The zero-order valence-corrected chi connectivity index (χ0v) is 10.9. The molecule has 0 saturated heterocycles. The highest BCUT2D eigenvalue weighted by Crippen LogP contribution is 2.25. The van der Waals surface area contributed by atoms with E-state index < -0.39 is 17.4 Å². The number of halogens is 4. The second kappa shape index (κ2) is 5.15. The van der Waals surface area contributed by atoms with Gasteiger partial charge in [0.15, 0.2) is 17.4 Å². The van der Waals surface area contributed by atoms with Crippen LogP contribution in [0.3, 0.4) is 0 Å². The fourth-order valence-corrected chi connectivity index (χ4v) is 2.08. The molecule has 2 rings (SSSR count). The molecule has 0 aromatic heterocycles. The number of hydrogen-bond donors (Lipinski definition) is 1. The average Bonchev–Trinajstić information content (AvgIpc) is 2.31. The molecule has 0 bridgehead atoms. The molecule has 0 aliphatic carbocycles. The minimum Gasteiger partial charge on any atom is -0.399 e. The molecule has 0 spiro atoms. The maximum Gasteiger partial charge on any atom is 0.194 e. The lowest BCUT2D eigenvalue weighted by atomic mass is 10.0. The average molecular weight is 302 g/mol. The van der Waals surface area contributed by atoms with Crippen LogP contribution in [0.15, 0.2) is 30.3 Å². The molecule has 0 amide bonds. The Bertz CT molecular complexity index is 654. The SMILES string of the molecule is Nc1cc(Cl)cc(C(=O)c2cc(F)c(F)cc2Cl)c1. The molecule has 0 aliphatic rings. The number of benzene rings is 2. The van der Waals surface area contributed by atoms with Crippen LogP contribution >= 0.6 is 23.2 Å². The topological polar surface area (TPSA) is 43.1 Å². The van der Waals surface area contributed by atoms with Gasteiger partial charge < -0.3 is 5.73 Å². The van der Waals surface area contributed by atoms with E-state index in [2.05, 4.69) is 0 Å². The molecular weight excluding hydrogens is 295 g/mol. The van der Waals surface area contributed by atoms with Crippen molar-refractivity contribution >= 4 is 34.7 Å². The molecule has 0 fully saturated rings. The Labute approximate surface area is 117 Å².